The minimum atomic E-state index is -3.66. The van der Waals surface area contributed by atoms with E-state index in [-0.39, 0.29) is 32.6 Å². The topological polar surface area (TPSA) is 80.6 Å². The fourth-order valence-electron chi connectivity index (χ4n) is 3.32. The van der Waals surface area contributed by atoms with Crippen molar-refractivity contribution in [3.8, 4) is 5.75 Å². The highest BCUT2D eigenvalue weighted by atomic mass is 35.5. The van der Waals surface area contributed by atoms with Crippen molar-refractivity contribution in [2.45, 2.75) is 44.1 Å². The molecule has 0 unspecified atom stereocenters. The van der Waals surface area contributed by atoms with Crippen LogP contribution in [0.4, 0.5) is 5.69 Å². The number of hydrogen-bond acceptors (Lipinski definition) is 4. The van der Waals surface area contributed by atoms with Gasteiger partial charge in [0.15, 0.2) is 0 Å². The Hall–Kier alpha value is -1.74. The number of amides is 1. The third kappa shape index (κ3) is 4.77. The summed E-state index contributed by atoms with van der Waals surface area (Å²) in [6.07, 6.45) is 2.54. The van der Waals surface area contributed by atoms with E-state index in [0.717, 1.165) is 19.3 Å². The van der Waals surface area contributed by atoms with Crippen LogP contribution in [-0.4, -0.2) is 42.4 Å². The number of ether oxygens (including phenoxy) is 1. The van der Waals surface area contributed by atoms with Crippen molar-refractivity contribution < 1.29 is 17.9 Å². The van der Waals surface area contributed by atoms with E-state index >= 15 is 0 Å². The summed E-state index contributed by atoms with van der Waals surface area (Å²) in [6.45, 7) is 4.69. The fraction of sp³-hybridized carbons (Fsp3) is 0.450. The number of aromatic nitrogens is 1. The normalized spacial score (nSPS) is 15.4. The van der Waals surface area contributed by atoms with Crippen LogP contribution in [0, 0.1) is 0 Å². The molecule has 10 heteroatoms. The summed E-state index contributed by atoms with van der Waals surface area (Å²) in [6, 6.07) is 5.97. The standard InChI is InChI=1S/C20H25Cl2N3O4S/c1-13(2)29-18-8-7-14(30(27,28)25-9-5-4-6-10-25)11-16(18)23-20(26)17-12-15(21)19(22)24(17)3/h7-8,11-13H,4-6,9-10H2,1-3H3,(H,23,26). The summed E-state index contributed by atoms with van der Waals surface area (Å²) in [4.78, 5) is 12.9. The van der Waals surface area contributed by atoms with Gasteiger partial charge in [-0.15, -0.1) is 0 Å². The number of piperidine rings is 1. The molecule has 30 heavy (non-hydrogen) atoms. The molecule has 1 saturated heterocycles. The molecule has 1 aromatic heterocycles. The molecule has 1 aliphatic heterocycles. The zero-order valence-electron chi connectivity index (χ0n) is 17.1. The maximum atomic E-state index is 13.1. The van der Waals surface area contributed by atoms with Crippen LogP contribution >= 0.6 is 23.2 Å². The highest BCUT2D eigenvalue weighted by Crippen LogP contribution is 2.32. The predicted molar refractivity (Wildman–Crippen MR) is 118 cm³/mol. The Kier molecular flexibility index (Phi) is 7.02. The van der Waals surface area contributed by atoms with Crippen LogP contribution in [0.1, 0.15) is 43.6 Å². The van der Waals surface area contributed by atoms with Crippen molar-refractivity contribution in [2.24, 2.45) is 7.05 Å². The minimum absolute atomic E-state index is 0.110. The second kappa shape index (κ2) is 9.18. The van der Waals surface area contributed by atoms with Gasteiger partial charge < -0.3 is 14.6 Å². The average molecular weight is 474 g/mol. The smallest absolute Gasteiger partial charge is 0.272 e. The molecule has 1 aliphatic rings. The molecule has 0 saturated carbocycles. The molecule has 0 bridgehead atoms. The van der Waals surface area contributed by atoms with E-state index in [0.29, 0.717) is 18.8 Å². The molecule has 7 nitrogen and oxygen atoms in total. The highest BCUT2D eigenvalue weighted by Gasteiger charge is 2.27. The Balaban J connectivity index is 1.97. The first-order valence-electron chi connectivity index (χ1n) is 9.74. The lowest BCUT2D eigenvalue weighted by atomic mass is 10.2. The number of nitrogens with one attached hydrogen (secondary N) is 1. The van der Waals surface area contributed by atoms with Crippen molar-refractivity contribution in [3.63, 3.8) is 0 Å². The van der Waals surface area contributed by atoms with Crippen molar-refractivity contribution >= 4 is 44.8 Å². The molecule has 1 amide bonds. The molecule has 1 aromatic carbocycles. The van der Waals surface area contributed by atoms with Crippen molar-refractivity contribution in [3.05, 3.63) is 40.1 Å². The van der Waals surface area contributed by atoms with Crippen LogP contribution in [0.2, 0.25) is 10.2 Å². The minimum Gasteiger partial charge on any atom is -0.489 e. The number of anilines is 1. The summed E-state index contributed by atoms with van der Waals surface area (Å²) in [7, 11) is -2.04. The maximum absolute atomic E-state index is 13.1. The third-order valence-corrected chi connectivity index (χ3v) is 7.60. The van der Waals surface area contributed by atoms with Crippen LogP contribution in [0.5, 0.6) is 5.75 Å². The van der Waals surface area contributed by atoms with Gasteiger partial charge in [0, 0.05) is 20.1 Å². The first-order valence-corrected chi connectivity index (χ1v) is 11.9. The molecule has 2 aromatic rings. The maximum Gasteiger partial charge on any atom is 0.272 e. The lowest BCUT2D eigenvalue weighted by Gasteiger charge is -2.26. The van der Waals surface area contributed by atoms with Crippen molar-refractivity contribution in [1.82, 2.24) is 8.87 Å². The quantitative estimate of drug-likeness (QED) is 0.667. The second-order valence-corrected chi connectivity index (χ2v) is 10.2. The first-order chi connectivity index (χ1) is 14.1. The molecular formula is C20H25Cl2N3O4S. The van der Waals surface area contributed by atoms with Crippen LogP contribution in [0.15, 0.2) is 29.2 Å². The number of hydrogen-bond donors (Lipinski definition) is 1. The Morgan fingerprint density at radius 3 is 2.37 bits per heavy atom. The monoisotopic (exact) mass is 473 g/mol. The zero-order valence-corrected chi connectivity index (χ0v) is 19.4. The summed E-state index contributed by atoms with van der Waals surface area (Å²) < 4.78 is 34.8. The van der Waals surface area contributed by atoms with Crippen LogP contribution < -0.4 is 10.1 Å². The summed E-state index contributed by atoms with van der Waals surface area (Å²) in [5, 5.41) is 3.24. The predicted octanol–water partition coefficient (Wildman–Crippen LogP) is 4.55. The number of halogens is 2. The molecule has 0 atom stereocenters. The second-order valence-electron chi connectivity index (χ2n) is 7.47. The Morgan fingerprint density at radius 2 is 1.80 bits per heavy atom. The van der Waals surface area contributed by atoms with Gasteiger partial charge in [0.1, 0.15) is 16.6 Å². The van der Waals surface area contributed by atoms with Gasteiger partial charge in [0.05, 0.1) is 21.7 Å². The Morgan fingerprint density at radius 1 is 1.13 bits per heavy atom. The van der Waals surface area contributed by atoms with Gasteiger partial charge in [-0.1, -0.05) is 29.6 Å². The number of benzene rings is 1. The number of sulfonamides is 1. The van der Waals surface area contributed by atoms with Gasteiger partial charge >= 0.3 is 0 Å². The van der Waals surface area contributed by atoms with Gasteiger partial charge in [-0.2, -0.15) is 4.31 Å². The summed E-state index contributed by atoms with van der Waals surface area (Å²) in [5.74, 6) is -0.102. The van der Waals surface area contributed by atoms with E-state index < -0.39 is 15.9 Å². The number of nitrogens with zero attached hydrogens (tertiary/aromatic N) is 2. The van der Waals surface area contributed by atoms with E-state index in [4.69, 9.17) is 27.9 Å². The van der Waals surface area contributed by atoms with E-state index in [2.05, 4.69) is 5.32 Å². The number of carbonyl (C=O) groups excluding carboxylic acids is 1. The lowest BCUT2D eigenvalue weighted by Crippen LogP contribution is -2.35. The van der Waals surface area contributed by atoms with Gasteiger partial charge in [0.2, 0.25) is 10.0 Å². The zero-order chi connectivity index (χ0) is 22.1. The molecule has 3 rings (SSSR count). The molecule has 0 radical (unpaired) electrons. The van der Waals surface area contributed by atoms with Crippen molar-refractivity contribution in [1.29, 1.82) is 0 Å². The molecule has 0 aliphatic carbocycles. The molecule has 1 N–H and O–H groups in total. The van der Waals surface area contributed by atoms with E-state index in [1.54, 1.807) is 13.1 Å². The largest absolute Gasteiger partial charge is 0.489 e. The molecule has 1 fully saturated rings. The lowest BCUT2D eigenvalue weighted by molar-refractivity contribution is 0.101. The highest BCUT2D eigenvalue weighted by molar-refractivity contribution is 7.89. The van der Waals surface area contributed by atoms with Crippen LogP contribution in [0.25, 0.3) is 0 Å². The van der Waals surface area contributed by atoms with E-state index in [9.17, 15) is 13.2 Å². The van der Waals surface area contributed by atoms with Gasteiger partial charge in [0.25, 0.3) is 5.91 Å². The molecule has 2 heterocycles. The van der Waals surface area contributed by atoms with Crippen molar-refractivity contribution in [2.75, 3.05) is 18.4 Å². The van der Waals surface area contributed by atoms with E-state index in [1.165, 1.54) is 27.1 Å². The average Bonchev–Trinajstić information content (AvgIpc) is 2.97. The third-order valence-electron chi connectivity index (χ3n) is 4.86. The summed E-state index contributed by atoms with van der Waals surface area (Å²) >= 11 is 12.1. The SMILES string of the molecule is CC(C)Oc1ccc(S(=O)(=O)N2CCCCC2)cc1NC(=O)c1cc(Cl)c(Cl)n1C. The van der Waals surface area contributed by atoms with Gasteiger partial charge in [-0.05, 0) is 51.0 Å². The fourth-order valence-corrected chi connectivity index (χ4v) is 5.24. The molecule has 0 spiro atoms. The first kappa shape index (κ1) is 22.9. The van der Waals surface area contributed by atoms with Crippen LogP contribution in [0.3, 0.4) is 0 Å². The van der Waals surface area contributed by atoms with E-state index in [1.807, 2.05) is 13.8 Å². The van der Waals surface area contributed by atoms with Gasteiger partial charge in [-0.25, -0.2) is 8.42 Å². The number of rotatable bonds is 6. The molecule has 164 valence electrons. The summed E-state index contributed by atoms with van der Waals surface area (Å²) in [5.41, 5.74) is 0.505. The number of carbonyl (C=O) groups is 1. The Labute approximate surface area is 187 Å². The molecular weight excluding hydrogens is 449 g/mol. The Bertz CT molecular complexity index is 1040. The van der Waals surface area contributed by atoms with Crippen LogP contribution in [-0.2, 0) is 17.1 Å². The van der Waals surface area contributed by atoms with Gasteiger partial charge in [-0.3, -0.25) is 4.79 Å².